The first-order valence-corrected chi connectivity index (χ1v) is 6.49. The molecule has 5 heteroatoms. The van der Waals surface area contributed by atoms with Crippen LogP contribution in [0.3, 0.4) is 0 Å². The molecule has 2 aromatic rings. The van der Waals surface area contributed by atoms with Crippen molar-refractivity contribution >= 4 is 17.3 Å². The van der Waals surface area contributed by atoms with Crippen LogP contribution in [0, 0.1) is 6.92 Å². The van der Waals surface area contributed by atoms with Crippen LogP contribution in [0.2, 0.25) is 0 Å². The molecule has 0 amide bonds. The van der Waals surface area contributed by atoms with E-state index in [9.17, 15) is 0 Å². The van der Waals surface area contributed by atoms with Crippen LogP contribution in [0.5, 0.6) is 0 Å². The van der Waals surface area contributed by atoms with Crippen LogP contribution >= 0.6 is 0 Å². The lowest BCUT2D eigenvalue weighted by Crippen LogP contribution is -2.20. The number of nitrogens with two attached hydrogens (primary N) is 1. The highest BCUT2D eigenvalue weighted by Crippen LogP contribution is 2.14. The van der Waals surface area contributed by atoms with Gasteiger partial charge >= 0.3 is 0 Å². The zero-order valence-electron chi connectivity index (χ0n) is 11.5. The minimum absolute atomic E-state index is 0.605. The van der Waals surface area contributed by atoms with Crippen molar-refractivity contribution in [2.75, 3.05) is 36.1 Å². The first-order chi connectivity index (χ1) is 9.16. The van der Waals surface area contributed by atoms with Gasteiger partial charge in [-0.1, -0.05) is 18.2 Å². The second-order valence-corrected chi connectivity index (χ2v) is 4.62. The number of benzene rings is 1. The average molecular weight is 259 g/mol. The zero-order valence-corrected chi connectivity index (χ0v) is 11.5. The second-order valence-electron chi connectivity index (χ2n) is 4.62. The third-order valence-electron chi connectivity index (χ3n) is 3.01. The predicted octanol–water partition coefficient (Wildman–Crippen LogP) is 2.24. The van der Waals surface area contributed by atoms with Crippen LogP contribution in [-0.2, 0) is 0 Å². The molecule has 0 aliphatic heterocycles. The van der Waals surface area contributed by atoms with Gasteiger partial charge in [0.1, 0.15) is 11.6 Å². The summed E-state index contributed by atoms with van der Waals surface area (Å²) in [6, 6.07) is 10.4. The SMILES string of the molecule is Cc1nc(NCCCN(C)c2ccccc2)c(N)[nH]1. The predicted molar refractivity (Wildman–Crippen MR) is 80.6 cm³/mol. The normalized spacial score (nSPS) is 10.4. The molecule has 0 aliphatic rings. The van der Waals surface area contributed by atoms with Crippen molar-refractivity contribution in [3.05, 3.63) is 36.2 Å². The molecule has 0 radical (unpaired) electrons. The maximum Gasteiger partial charge on any atom is 0.168 e. The number of H-pyrrole nitrogens is 1. The fourth-order valence-electron chi connectivity index (χ4n) is 1.98. The molecule has 0 aliphatic carbocycles. The molecule has 0 spiro atoms. The minimum atomic E-state index is 0.605. The van der Waals surface area contributed by atoms with E-state index in [-0.39, 0.29) is 0 Å². The number of imidazole rings is 1. The average Bonchev–Trinajstić information content (AvgIpc) is 2.74. The number of hydrogen-bond donors (Lipinski definition) is 3. The fraction of sp³-hybridized carbons (Fsp3) is 0.357. The van der Waals surface area contributed by atoms with E-state index in [1.807, 2.05) is 13.0 Å². The standard InChI is InChI=1S/C14H21N5/c1-11-17-13(15)14(18-11)16-9-6-10-19(2)12-7-4-3-5-8-12/h3-5,7-8,16H,6,9-10,15H2,1-2H3,(H,17,18). The molecule has 1 heterocycles. The summed E-state index contributed by atoms with van der Waals surface area (Å²) in [7, 11) is 2.10. The fourth-order valence-corrected chi connectivity index (χ4v) is 1.98. The Labute approximate surface area is 113 Å². The van der Waals surface area contributed by atoms with Gasteiger partial charge < -0.3 is 20.9 Å². The van der Waals surface area contributed by atoms with E-state index in [0.29, 0.717) is 5.82 Å². The van der Waals surface area contributed by atoms with Crippen molar-refractivity contribution in [2.24, 2.45) is 0 Å². The van der Waals surface area contributed by atoms with Gasteiger partial charge in [0.2, 0.25) is 0 Å². The highest BCUT2D eigenvalue weighted by molar-refractivity contribution is 5.56. The Balaban J connectivity index is 1.74. The molecule has 0 unspecified atom stereocenters. The number of aromatic amines is 1. The van der Waals surface area contributed by atoms with Crippen molar-refractivity contribution in [3.8, 4) is 0 Å². The molecule has 0 atom stereocenters. The molecule has 5 nitrogen and oxygen atoms in total. The highest BCUT2D eigenvalue weighted by atomic mass is 15.1. The summed E-state index contributed by atoms with van der Waals surface area (Å²) in [5, 5.41) is 3.25. The van der Waals surface area contributed by atoms with E-state index in [0.717, 1.165) is 31.2 Å². The third-order valence-corrected chi connectivity index (χ3v) is 3.01. The minimum Gasteiger partial charge on any atom is -0.382 e. The smallest absolute Gasteiger partial charge is 0.168 e. The summed E-state index contributed by atoms with van der Waals surface area (Å²) in [5.74, 6) is 2.19. The Hall–Kier alpha value is -2.17. The summed E-state index contributed by atoms with van der Waals surface area (Å²) in [6.07, 6.45) is 1.02. The van der Waals surface area contributed by atoms with Crippen LogP contribution in [0.15, 0.2) is 30.3 Å². The summed E-state index contributed by atoms with van der Waals surface area (Å²) in [5.41, 5.74) is 7.02. The maximum atomic E-state index is 5.78. The van der Waals surface area contributed by atoms with Crippen molar-refractivity contribution in [1.82, 2.24) is 9.97 Å². The lowest BCUT2D eigenvalue weighted by atomic mass is 10.3. The number of aromatic nitrogens is 2. The molecule has 2 rings (SSSR count). The Morgan fingerprint density at radius 3 is 2.68 bits per heavy atom. The summed E-state index contributed by atoms with van der Waals surface area (Å²) >= 11 is 0. The summed E-state index contributed by atoms with van der Waals surface area (Å²) < 4.78 is 0. The molecule has 0 saturated heterocycles. The number of hydrogen-bond acceptors (Lipinski definition) is 4. The van der Waals surface area contributed by atoms with Gasteiger partial charge in [-0.2, -0.15) is 0 Å². The van der Waals surface area contributed by atoms with Gasteiger partial charge in [0, 0.05) is 25.8 Å². The molecular formula is C14H21N5. The van der Waals surface area contributed by atoms with Crippen molar-refractivity contribution in [1.29, 1.82) is 0 Å². The largest absolute Gasteiger partial charge is 0.382 e. The van der Waals surface area contributed by atoms with Gasteiger partial charge in [-0.15, -0.1) is 0 Å². The Morgan fingerprint density at radius 2 is 2.05 bits per heavy atom. The molecule has 0 fully saturated rings. The van der Waals surface area contributed by atoms with E-state index in [4.69, 9.17) is 5.73 Å². The van der Waals surface area contributed by atoms with Crippen molar-refractivity contribution in [2.45, 2.75) is 13.3 Å². The van der Waals surface area contributed by atoms with Gasteiger partial charge in [0.05, 0.1) is 0 Å². The Bertz CT molecular complexity index is 506. The first kappa shape index (κ1) is 13.3. The van der Waals surface area contributed by atoms with E-state index in [1.54, 1.807) is 0 Å². The van der Waals surface area contributed by atoms with Crippen LogP contribution in [-0.4, -0.2) is 30.1 Å². The van der Waals surface area contributed by atoms with E-state index in [2.05, 4.69) is 51.5 Å². The number of anilines is 3. The molecule has 19 heavy (non-hydrogen) atoms. The summed E-state index contributed by atoms with van der Waals surface area (Å²) in [6.45, 7) is 3.73. The lowest BCUT2D eigenvalue weighted by molar-refractivity contribution is 0.815. The number of nitrogen functional groups attached to an aromatic ring is 1. The van der Waals surface area contributed by atoms with Crippen LogP contribution in [0.25, 0.3) is 0 Å². The molecular weight excluding hydrogens is 238 g/mol. The zero-order chi connectivity index (χ0) is 13.7. The van der Waals surface area contributed by atoms with Crippen molar-refractivity contribution in [3.63, 3.8) is 0 Å². The van der Waals surface area contributed by atoms with Gasteiger partial charge in [-0.05, 0) is 25.5 Å². The number of rotatable bonds is 6. The first-order valence-electron chi connectivity index (χ1n) is 6.49. The molecule has 0 bridgehead atoms. The molecule has 0 saturated carbocycles. The van der Waals surface area contributed by atoms with E-state index in [1.165, 1.54) is 5.69 Å². The second kappa shape index (κ2) is 6.13. The number of nitrogens with zero attached hydrogens (tertiary/aromatic N) is 2. The van der Waals surface area contributed by atoms with Crippen LogP contribution in [0.1, 0.15) is 12.2 Å². The van der Waals surface area contributed by atoms with Crippen LogP contribution in [0.4, 0.5) is 17.3 Å². The number of nitrogens with one attached hydrogen (secondary N) is 2. The number of aryl methyl sites for hydroxylation is 1. The van der Waals surface area contributed by atoms with E-state index < -0.39 is 0 Å². The summed E-state index contributed by atoms with van der Waals surface area (Å²) in [4.78, 5) is 9.49. The molecule has 102 valence electrons. The Morgan fingerprint density at radius 1 is 1.32 bits per heavy atom. The topological polar surface area (TPSA) is 70.0 Å². The van der Waals surface area contributed by atoms with Crippen molar-refractivity contribution < 1.29 is 0 Å². The van der Waals surface area contributed by atoms with Crippen LogP contribution < -0.4 is 16.0 Å². The quantitative estimate of drug-likeness (QED) is 0.696. The lowest BCUT2D eigenvalue weighted by Gasteiger charge is -2.19. The Kier molecular flexibility index (Phi) is 4.28. The number of para-hydroxylation sites is 1. The maximum absolute atomic E-state index is 5.78. The van der Waals surface area contributed by atoms with Gasteiger partial charge in [-0.3, -0.25) is 0 Å². The molecule has 1 aromatic carbocycles. The van der Waals surface area contributed by atoms with Gasteiger partial charge in [0.15, 0.2) is 5.82 Å². The molecule has 4 N–H and O–H groups in total. The van der Waals surface area contributed by atoms with Gasteiger partial charge in [0.25, 0.3) is 0 Å². The van der Waals surface area contributed by atoms with Gasteiger partial charge in [-0.25, -0.2) is 4.98 Å². The van der Waals surface area contributed by atoms with E-state index >= 15 is 0 Å². The monoisotopic (exact) mass is 259 g/mol. The molecule has 1 aromatic heterocycles. The third kappa shape index (κ3) is 3.64. The highest BCUT2D eigenvalue weighted by Gasteiger charge is 2.04.